The highest BCUT2D eigenvalue weighted by molar-refractivity contribution is 9.10. The molecule has 0 saturated heterocycles. The number of carbonyl (C=O) groups is 4. The molecule has 1 aliphatic rings. The second-order valence-electron chi connectivity index (χ2n) is 12.9. The fraction of sp³-hybridized carbons (Fsp3) is 0.444. The summed E-state index contributed by atoms with van der Waals surface area (Å²) in [6.07, 6.45) is 2.76. The van der Waals surface area contributed by atoms with Gasteiger partial charge in [0, 0.05) is 30.3 Å². The van der Waals surface area contributed by atoms with Gasteiger partial charge in [-0.05, 0) is 84.8 Å². The third kappa shape index (κ3) is 9.24. The van der Waals surface area contributed by atoms with Gasteiger partial charge >= 0.3 is 5.97 Å². The average Bonchev–Trinajstić information content (AvgIpc) is 3.32. The van der Waals surface area contributed by atoms with Crippen molar-refractivity contribution in [2.75, 3.05) is 7.05 Å². The van der Waals surface area contributed by atoms with E-state index in [4.69, 9.17) is 4.74 Å². The Bertz CT molecular complexity index is 1630. The largest absolute Gasteiger partial charge is 0.508 e. The first-order valence-corrected chi connectivity index (χ1v) is 16.8. The van der Waals surface area contributed by atoms with E-state index in [9.17, 15) is 24.3 Å². The van der Waals surface area contributed by atoms with Crippen LogP contribution in [0.4, 0.5) is 0 Å². The molecular weight excluding hydrogens is 664 g/mol. The van der Waals surface area contributed by atoms with Crippen LogP contribution in [0.5, 0.6) is 5.75 Å². The van der Waals surface area contributed by atoms with Gasteiger partial charge in [-0.3, -0.25) is 19.2 Å². The molecule has 10 nitrogen and oxygen atoms in total. The van der Waals surface area contributed by atoms with E-state index >= 15 is 0 Å². The smallest absolute Gasteiger partial charge is 0.308 e. The van der Waals surface area contributed by atoms with Gasteiger partial charge in [0.2, 0.25) is 17.7 Å². The molecule has 4 rings (SSSR count). The molecule has 0 bridgehead atoms. The van der Waals surface area contributed by atoms with E-state index in [1.54, 1.807) is 26.1 Å². The van der Waals surface area contributed by atoms with E-state index in [0.29, 0.717) is 23.0 Å². The maximum Gasteiger partial charge on any atom is 0.308 e. The number of carbonyl (C=O) groups excluding carboxylic acids is 4. The highest BCUT2D eigenvalue weighted by Gasteiger charge is 2.34. The fourth-order valence-electron chi connectivity index (χ4n) is 6.28. The number of allylic oxidation sites excluding steroid dienone is 2. The first kappa shape index (κ1) is 35.7. The molecule has 2 aromatic carbocycles. The number of amides is 3. The van der Waals surface area contributed by atoms with Crippen LogP contribution >= 0.6 is 15.9 Å². The van der Waals surface area contributed by atoms with Crippen molar-refractivity contribution < 1.29 is 29.0 Å². The molecule has 0 saturated carbocycles. The zero-order valence-corrected chi connectivity index (χ0v) is 29.4. The number of nitrogens with zero attached hydrogens (tertiary/aromatic N) is 1. The number of cyclic esters (lactones) is 1. The van der Waals surface area contributed by atoms with Gasteiger partial charge in [0.05, 0.1) is 23.2 Å². The number of esters is 1. The van der Waals surface area contributed by atoms with E-state index in [-0.39, 0.29) is 36.3 Å². The van der Waals surface area contributed by atoms with Crippen molar-refractivity contribution in [3.05, 3.63) is 75.9 Å². The number of rotatable bonds is 3. The summed E-state index contributed by atoms with van der Waals surface area (Å²) in [5.41, 5.74) is 3.29. The number of para-hydroxylation sites is 1. The van der Waals surface area contributed by atoms with Crippen molar-refractivity contribution in [1.82, 2.24) is 20.5 Å². The molecule has 3 amide bonds. The quantitative estimate of drug-likeness (QED) is 0.203. The minimum Gasteiger partial charge on any atom is -0.508 e. The van der Waals surface area contributed by atoms with Crippen molar-refractivity contribution in [1.29, 1.82) is 0 Å². The zero-order chi connectivity index (χ0) is 34.4. The van der Waals surface area contributed by atoms with Gasteiger partial charge in [0.25, 0.3) is 0 Å². The van der Waals surface area contributed by atoms with Crippen molar-refractivity contribution in [3.8, 4) is 5.75 Å². The number of benzene rings is 2. The lowest BCUT2D eigenvalue weighted by Gasteiger charge is -2.31. The molecule has 47 heavy (non-hydrogen) atoms. The number of hydrogen-bond acceptors (Lipinski definition) is 6. The van der Waals surface area contributed by atoms with Crippen LogP contribution in [-0.2, 0) is 30.3 Å². The van der Waals surface area contributed by atoms with E-state index < -0.39 is 42.0 Å². The van der Waals surface area contributed by atoms with Gasteiger partial charge in [0.1, 0.15) is 17.8 Å². The van der Waals surface area contributed by atoms with Crippen LogP contribution in [0.25, 0.3) is 10.9 Å². The predicted octanol–water partition coefficient (Wildman–Crippen LogP) is 5.70. The molecule has 0 aliphatic carbocycles. The van der Waals surface area contributed by atoms with Gasteiger partial charge in [0.15, 0.2) is 0 Å². The molecule has 0 unspecified atom stereocenters. The second kappa shape index (κ2) is 15.6. The van der Waals surface area contributed by atoms with Crippen molar-refractivity contribution in [2.24, 2.45) is 11.8 Å². The van der Waals surface area contributed by atoms with Crippen LogP contribution in [-0.4, -0.2) is 63.9 Å². The molecule has 0 spiro atoms. The average molecular weight is 710 g/mol. The summed E-state index contributed by atoms with van der Waals surface area (Å²) in [4.78, 5) is 59.2. The number of aromatic amines is 1. The molecule has 0 radical (unpaired) electrons. The monoisotopic (exact) mass is 708 g/mol. The number of halogens is 1. The number of aromatic nitrogens is 1. The lowest BCUT2D eigenvalue weighted by atomic mass is 9.95. The van der Waals surface area contributed by atoms with Crippen LogP contribution in [0.15, 0.2) is 64.8 Å². The molecule has 4 N–H and O–H groups in total. The minimum absolute atomic E-state index is 0.0439. The minimum atomic E-state index is -1.02. The van der Waals surface area contributed by atoms with Crippen LogP contribution in [0.3, 0.4) is 0 Å². The lowest BCUT2D eigenvalue weighted by Crippen LogP contribution is -2.55. The highest BCUT2D eigenvalue weighted by Crippen LogP contribution is 2.29. The summed E-state index contributed by atoms with van der Waals surface area (Å²) in [6.45, 7) is 9.27. The third-order valence-corrected chi connectivity index (χ3v) is 9.35. The van der Waals surface area contributed by atoms with E-state index in [1.165, 1.54) is 17.0 Å². The van der Waals surface area contributed by atoms with Gasteiger partial charge < -0.3 is 30.4 Å². The molecule has 3 aromatic rings. The van der Waals surface area contributed by atoms with Crippen LogP contribution in [0.1, 0.15) is 71.0 Å². The third-order valence-electron chi connectivity index (χ3n) is 8.67. The molecule has 252 valence electrons. The Kier molecular flexibility index (Phi) is 11.9. The Morgan fingerprint density at radius 2 is 1.62 bits per heavy atom. The van der Waals surface area contributed by atoms with E-state index in [1.807, 2.05) is 52.0 Å². The summed E-state index contributed by atoms with van der Waals surface area (Å²) in [7, 11) is 1.55. The Morgan fingerprint density at radius 3 is 2.32 bits per heavy atom. The topological polar surface area (TPSA) is 141 Å². The number of fused-ring (bicyclic) bond motifs is 1. The number of hydrogen-bond donors (Lipinski definition) is 4. The molecule has 0 fully saturated rings. The molecule has 1 aromatic heterocycles. The Hall–Kier alpha value is -4.12. The number of phenolic OH excluding ortho intramolecular Hbond substituents is 1. The van der Waals surface area contributed by atoms with Gasteiger partial charge in [-0.1, -0.05) is 55.8 Å². The Labute approximate surface area is 284 Å². The number of phenols is 1. The standard InChI is InChI=1S/C36H45BrN4O6/c1-20-15-21(2)17-23(4)47-32(43)19-30(25-11-13-26(42)14-12-25)40-35(45)31(18-28-27-9-7-8-10-29(27)39-33(28)37)41(6)36(46)24(5)38-34(44)22(3)16-20/h7-15,21-24,30-31,39,42H,16-19H2,1-6H3,(H,38,44)(H,40,45)/b20-15+/t21-,22+,23-,24-,30+,31-/m0/s1. The normalized spacial score (nSPS) is 27.1. The molecule has 2 heterocycles. The molecule has 11 heteroatoms. The van der Waals surface area contributed by atoms with Crippen molar-refractivity contribution in [2.45, 2.75) is 84.5 Å². The van der Waals surface area contributed by atoms with Crippen LogP contribution < -0.4 is 10.6 Å². The number of likely N-dealkylation sites (N-methyl/N-ethyl adjacent to an activating group) is 1. The van der Waals surface area contributed by atoms with E-state index in [2.05, 4.69) is 37.6 Å². The summed E-state index contributed by atoms with van der Waals surface area (Å²) in [5, 5.41) is 16.7. The van der Waals surface area contributed by atoms with E-state index in [0.717, 1.165) is 22.0 Å². The summed E-state index contributed by atoms with van der Waals surface area (Å²) in [5.74, 6) is -1.93. The predicted molar refractivity (Wildman–Crippen MR) is 184 cm³/mol. The van der Waals surface area contributed by atoms with Crippen LogP contribution in [0.2, 0.25) is 0 Å². The van der Waals surface area contributed by atoms with Crippen molar-refractivity contribution in [3.63, 3.8) is 0 Å². The van der Waals surface area contributed by atoms with Crippen LogP contribution in [0, 0.1) is 11.8 Å². The Balaban J connectivity index is 1.74. The first-order valence-electron chi connectivity index (χ1n) is 16.0. The van der Waals surface area contributed by atoms with Gasteiger partial charge in [-0.15, -0.1) is 0 Å². The SMILES string of the molecule is C/C1=C\[C@H](C)C[C@H](C)OC(=O)C[C@H](c2ccc(O)cc2)NC(=O)[C@H](Cc2c(Br)[nH]c3ccccc23)N(C)C(=O)[C@H](C)NC(=O)[C@H](C)C1. The molecule has 6 atom stereocenters. The van der Waals surface area contributed by atoms with Crippen molar-refractivity contribution >= 4 is 50.5 Å². The fourth-order valence-corrected chi connectivity index (χ4v) is 6.87. The number of ether oxygens (including phenoxy) is 1. The molecular formula is C36H45BrN4O6. The number of nitrogens with one attached hydrogen (secondary N) is 3. The maximum atomic E-state index is 14.3. The Morgan fingerprint density at radius 1 is 0.936 bits per heavy atom. The number of H-pyrrole nitrogens is 1. The maximum absolute atomic E-state index is 14.3. The summed E-state index contributed by atoms with van der Waals surface area (Å²) in [6, 6.07) is 11.2. The number of aromatic hydroxyl groups is 1. The van der Waals surface area contributed by atoms with Gasteiger partial charge in [-0.25, -0.2) is 0 Å². The lowest BCUT2D eigenvalue weighted by molar-refractivity contribution is -0.149. The summed E-state index contributed by atoms with van der Waals surface area (Å²) < 4.78 is 6.47. The van der Waals surface area contributed by atoms with Gasteiger partial charge in [-0.2, -0.15) is 0 Å². The molecule has 1 aliphatic heterocycles. The first-order chi connectivity index (χ1) is 22.2. The highest BCUT2D eigenvalue weighted by atomic mass is 79.9. The second-order valence-corrected chi connectivity index (χ2v) is 13.6. The zero-order valence-electron chi connectivity index (χ0n) is 27.8. The summed E-state index contributed by atoms with van der Waals surface area (Å²) >= 11 is 3.60.